The molecular weight excluding hydrogens is 484 g/mol. The molecule has 0 bridgehead atoms. The highest BCUT2D eigenvalue weighted by Crippen LogP contribution is 2.33. The van der Waals surface area contributed by atoms with Gasteiger partial charge in [-0.15, -0.1) is 0 Å². The Morgan fingerprint density at radius 2 is 2.08 bits per heavy atom. The summed E-state index contributed by atoms with van der Waals surface area (Å²) in [6.45, 7) is 9.99. The van der Waals surface area contributed by atoms with E-state index in [0.717, 1.165) is 22.2 Å². The van der Waals surface area contributed by atoms with Crippen molar-refractivity contribution in [2.75, 3.05) is 18.0 Å². The summed E-state index contributed by atoms with van der Waals surface area (Å²) in [5, 5.41) is 22.3. The number of carbonyl (C=O) groups excluding carboxylic acids is 1. The van der Waals surface area contributed by atoms with E-state index in [-0.39, 0.29) is 17.3 Å². The molecule has 1 aromatic heterocycles. The predicted octanol–water partition coefficient (Wildman–Crippen LogP) is 4.24. The van der Waals surface area contributed by atoms with Gasteiger partial charge in [-0.2, -0.15) is 0 Å². The van der Waals surface area contributed by atoms with Crippen LogP contribution in [0.25, 0.3) is 15.6 Å². The van der Waals surface area contributed by atoms with Crippen molar-refractivity contribution in [3.8, 4) is 5.75 Å². The summed E-state index contributed by atoms with van der Waals surface area (Å²) in [5.74, 6) is -0.504. The quantitative estimate of drug-likeness (QED) is 0.273. The Morgan fingerprint density at radius 1 is 1.24 bits per heavy atom. The zero-order valence-corrected chi connectivity index (χ0v) is 21.0. The van der Waals surface area contributed by atoms with Gasteiger partial charge in [0.2, 0.25) is 11.6 Å². The van der Waals surface area contributed by atoms with E-state index < -0.39 is 18.9 Å². The summed E-state index contributed by atoms with van der Waals surface area (Å²) < 4.78 is 16.0. The van der Waals surface area contributed by atoms with Crippen LogP contribution in [-0.2, 0) is 17.8 Å². The fourth-order valence-corrected chi connectivity index (χ4v) is 5.17. The summed E-state index contributed by atoms with van der Waals surface area (Å²) in [5.41, 5.74) is 2.33. The van der Waals surface area contributed by atoms with Gasteiger partial charge < -0.3 is 24.4 Å². The molecule has 1 saturated heterocycles. The first-order valence-electron chi connectivity index (χ1n) is 12.5. The fraction of sp³-hybridized carbons (Fsp3) is 0.250. The molecule has 192 valence electrons. The Labute approximate surface area is 220 Å². The number of hydrogen-bond donors (Lipinski definition) is 2. The van der Waals surface area contributed by atoms with Gasteiger partial charge in [0.25, 0.3) is 0 Å². The highest BCUT2D eigenvalue weighted by molar-refractivity contribution is 6.46. The van der Waals surface area contributed by atoms with Gasteiger partial charge in [0.15, 0.2) is 0 Å². The van der Waals surface area contributed by atoms with Crippen molar-refractivity contribution in [3.05, 3.63) is 95.6 Å². The molecule has 8 nitrogen and oxygen atoms in total. The zero-order chi connectivity index (χ0) is 26.8. The van der Waals surface area contributed by atoms with Gasteiger partial charge in [0.05, 0.1) is 24.6 Å². The first-order chi connectivity index (χ1) is 18.4. The molecule has 4 aromatic rings. The number of phenolic OH excluding ortho intramolecular Hbond substituents is 1. The second-order valence-corrected chi connectivity index (χ2v) is 9.51. The number of hydrogen-bond acceptors (Lipinski definition) is 5. The summed E-state index contributed by atoms with van der Waals surface area (Å²) in [6.07, 6.45) is 4.49. The maximum Gasteiger partial charge on any atom is 0.377 e. The predicted molar refractivity (Wildman–Crippen MR) is 145 cm³/mol. The number of aromatic nitrogens is 2. The third kappa shape index (κ3) is 4.99. The molecule has 10 heteroatoms. The molecule has 0 unspecified atom stereocenters. The molecule has 0 saturated carbocycles. The smallest absolute Gasteiger partial charge is 0.377 e. The van der Waals surface area contributed by atoms with Crippen molar-refractivity contribution in [2.45, 2.75) is 32.3 Å². The first-order valence-corrected chi connectivity index (χ1v) is 12.5. The Morgan fingerprint density at radius 3 is 2.84 bits per heavy atom. The molecule has 0 aliphatic carbocycles. The van der Waals surface area contributed by atoms with Crippen LogP contribution in [0.2, 0.25) is 6.82 Å². The molecule has 1 atom stereocenters. The van der Waals surface area contributed by atoms with Gasteiger partial charge in [-0.1, -0.05) is 30.3 Å². The summed E-state index contributed by atoms with van der Waals surface area (Å²) in [4.78, 5) is 24.5. The minimum atomic E-state index is -0.841. The van der Waals surface area contributed by atoms with E-state index in [9.17, 15) is 19.3 Å². The first kappa shape index (κ1) is 25.5. The highest BCUT2D eigenvalue weighted by Gasteiger charge is 2.39. The van der Waals surface area contributed by atoms with Gasteiger partial charge in [0, 0.05) is 36.8 Å². The number of aromatic hydroxyl groups is 1. The van der Waals surface area contributed by atoms with Gasteiger partial charge in [-0.3, -0.25) is 4.79 Å². The fourth-order valence-electron chi connectivity index (χ4n) is 5.17. The number of fused-ring (bicyclic) bond motifs is 1. The van der Waals surface area contributed by atoms with E-state index in [4.69, 9.17) is 6.57 Å². The molecule has 1 amide bonds. The standard InChI is InChI=1S/C28H27BFN5O3/c1-29(38)35(13-10-21-16-32-18-33(21)17-19-6-9-25(31-2)24(30)14-19)27-11-12-34(28(27)37)26-5-3-4-20-7-8-22(36)15-23(20)26/h3-9,14-16,18,27,36,38H,10-13,17H2,1H3/t27-/m0/s1. The van der Waals surface area contributed by atoms with Crippen LogP contribution < -0.4 is 4.90 Å². The Balaban J connectivity index is 1.31. The van der Waals surface area contributed by atoms with E-state index >= 15 is 0 Å². The van der Waals surface area contributed by atoms with Crippen LogP contribution in [0.5, 0.6) is 5.75 Å². The van der Waals surface area contributed by atoms with Crippen molar-refractivity contribution < 1.29 is 19.3 Å². The van der Waals surface area contributed by atoms with Crippen molar-refractivity contribution in [1.29, 1.82) is 0 Å². The largest absolute Gasteiger partial charge is 0.508 e. The van der Waals surface area contributed by atoms with Crippen LogP contribution in [0.4, 0.5) is 15.8 Å². The minimum Gasteiger partial charge on any atom is -0.508 e. The molecule has 1 aliphatic heterocycles. The lowest BCUT2D eigenvalue weighted by Crippen LogP contribution is -2.50. The average Bonchev–Trinajstić information content (AvgIpc) is 3.50. The Bertz CT molecular complexity index is 1530. The normalized spacial score (nSPS) is 15.4. The van der Waals surface area contributed by atoms with Crippen LogP contribution in [-0.4, -0.2) is 56.6 Å². The molecular formula is C28H27BFN5O3. The molecule has 1 aliphatic rings. The molecule has 38 heavy (non-hydrogen) atoms. The van der Waals surface area contributed by atoms with Crippen LogP contribution in [0, 0.1) is 12.4 Å². The Kier molecular flexibility index (Phi) is 7.14. The number of phenols is 1. The van der Waals surface area contributed by atoms with Crippen molar-refractivity contribution in [3.63, 3.8) is 0 Å². The maximum atomic E-state index is 14.1. The second-order valence-electron chi connectivity index (χ2n) is 9.51. The summed E-state index contributed by atoms with van der Waals surface area (Å²) >= 11 is 0. The van der Waals surface area contributed by atoms with Crippen molar-refractivity contribution >= 4 is 35.1 Å². The second kappa shape index (κ2) is 10.7. The monoisotopic (exact) mass is 511 g/mol. The average molecular weight is 511 g/mol. The summed E-state index contributed by atoms with van der Waals surface area (Å²) in [6, 6.07) is 14.9. The van der Waals surface area contributed by atoms with E-state index in [1.54, 1.807) is 47.3 Å². The molecule has 5 rings (SSSR count). The lowest BCUT2D eigenvalue weighted by molar-refractivity contribution is -0.120. The number of benzene rings is 3. The van der Waals surface area contributed by atoms with Gasteiger partial charge in [0.1, 0.15) is 11.6 Å². The molecule has 1 fully saturated rings. The van der Waals surface area contributed by atoms with E-state index in [1.807, 2.05) is 28.8 Å². The maximum absolute atomic E-state index is 14.1. The molecule has 2 N–H and O–H groups in total. The number of nitrogens with zero attached hydrogens (tertiary/aromatic N) is 5. The third-order valence-electron chi connectivity index (χ3n) is 7.10. The number of imidazole rings is 1. The topological polar surface area (TPSA) is 86.2 Å². The third-order valence-corrected chi connectivity index (χ3v) is 7.10. The zero-order valence-electron chi connectivity index (χ0n) is 21.0. The molecule has 3 aromatic carbocycles. The number of halogens is 1. The van der Waals surface area contributed by atoms with Crippen LogP contribution >= 0.6 is 0 Å². The lowest BCUT2D eigenvalue weighted by Gasteiger charge is -2.29. The highest BCUT2D eigenvalue weighted by atomic mass is 19.1. The van der Waals surface area contributed by atoms with Gasteiger partial charge in [-0.25, -0.2) is 14.2 Å². The van der Waals surface area contributed by atoms with E-state index in [0.29, 0.717) is 38.0 Å². The van der Waals surface area contributed by atoms with Crippen LogP contribution in [0.1, 0.15) is 17.7 Å². The van der Waals surface area contributed by atoms with E-state index in [1.165, 1.54) is 12.1 Å². The number of carbonyl (C=O) groups is 1. The molecule has 0 spiro atoms. The van der Waals surface area contributed by atoms with Gasteiger partial charge >= 0.3 is 7.05 Å². The lowest BCUT2D eigenvalue weighted by atomic mass is 9.82. The van der Waals surface area contributed by atoms with E-state index in [2.05, 4.69) is 9.83 Å². The van der Waals surface area contributed by atoms with Crippen molar-refractivity contribution in [1.82, 2.24) is 14.4 Å². The van der Waals surface area contributed by atoms with Crippen LogP contribution in [0.3, 0.4) is 0 Å². The minimum absolute atomic E-state index is 0.0113. The Hall–Kier alpha value is -4.20. The number of amides is 1. The van der Waals surface area contributed by atoms with Gasteiger partial charge in [-0.05, 0) is 55.0 Å². The number of rotatable bonds is 8. The molecule has 2 heterocycles. The molecule has 0 radical (unpaired) electrons. The van der Waals surface area contributed by atoms with Crippen molar-refractivity contribution in [2.24, 2.45) is 0 Å². The summed E-state index contributed by atoms with van der Waals surface area (Å²) in [7, 11) is -0.841. The van der Waals surface area contributed by atoms with Crippen LogP contribution in [0.15, 0.2) is 67.1 Å². The SMILES string of the molecule is [C-]#[N+]c1ccc(Cn2cncc2CCN(B(C)O)[C@H]2CCN(c3cccc4ccc(O)cc34)C2=O)cc1F. The number of anilines is 1.